The van der Waals surface area contributed by atoms with E-state index in [9.17, 15) is 19.1 Å². The third kappa shape index (κ3) is 3.29. The van der Waals surface area contributed by atoms with Crippen LogP contribution in [0.3, 0.4) is 0 Å². The molecule has 0 radical (unpaired) electrons. The molecule has 1 saturated heterocycles. The number of alkyl halides is 1. The highest BCUT2D eigenvalue weighted by atomic mass is 19.1. The molecule has 7 nitrogen and oxygen atoms in total. The van der Waals surface area contributed by atoms with Gasteiger partial charge in [0.05, 0.1) is 19.4 Å². The summed E-state index contributed by atoms with van der Waals surface area (Å²) in [6.07, 6.45) is -0.113. The minimum atomic E-state index is -0.867. The van der Waals surface area contributed by atoms with Gasteiger partial charge in [0.15, 0.2) is 0 Å². The Balaban J connectivity index is 2.33. The molecule has 124 valence electrons. The quantitative estimate of drug-likeness (QED) is 0.703. The Labute approximate surface area is 126 Å². The minimum Gasteiger partial charge on any atom is -0.394 e. The molecule has 0 spiro atoms. The van der Waals surface area contributed by atoms with Crippen molar-refractivity contribution in [2.45, 2.75) is 51.2 Å². The maximum Gasteiger partial charge on any atom is 0.333 e. The van der Waals surface area contributed by atoms with Gasteiger partial charge in [0.2, 0.25) is 0 Å². The molecule has 22 heavy (non-hydrogen) atoms. The van der Waals surface area contributed by atoms with Crippen molar-refractivity contribution in [1.82, 2.24) is 9.13 Å². The van der Waals surface area contributed by atoms with Gasteiger partial charge in [0.25, 0.3) is 5.56 Å². The number of aliphatic hydroxyl groups excluding tert-OH is 2. The van der Waals surface area contributed by atoms with Crippen LogP contribution in [0.1, 0.15) is 31.1 Å². The van der Waals surface area contributed by atoms with Crippen LogP contribution >= 0.6 is 0 Å². The number of halogens is 1. The van der Waals surface area contributed by atoms with Crippen molar-refractivity contribution in [3.05, 3.63) is 32.6 Å². The van der Waals surface area contributed by atoms with Gasteiger partial charge >= 0.3 is 5.69 Å². The topological polar surface area (TPSA) is 93.7 Å². The van der Waals surface area contributed by atoms with E-state index >= 15 is 0 Å². The van der Waals surface area contributed by atoms with Crippen LogP contribution in [-0.4, -0.2) is 44.8 Å². The first-order valence-corrected chi connectivity index (χ1v) is 7.32. The van der Waals surface area contributed by atoms with Gasteiger partial charge in [-0.25, -0.2) is 4.79 Å². The molecule has 2 N–H and O–H groups in total. The molecule has 0 amide bonds. The SMILES string of the molecule is Cc1cn([C@H]2C[C@H](O)[C@@H](CO)O2)c(=O)n(CCCCF)c1=O. The molecule has 0 saturated carbocycles. The summed E-state index contributed by atoms with van der Waals surface area (Å²) >= 11 is 0. The number of aromatic nitrogens is 2. The number of nitrogens with zero attached hydrogens (tertiary/aromatic N) is 2. The van der Waals surface area contributed by atoms with Crippen LogP contribution < -0.4 is 11.2 Å². The third-order valence-electron chi connectivity index (χ3n) is 3.83. The van der Waals surface area contributed by atoms with Gasteiger partial charge in [0.1, 0.15) is 12.3 Å². The molecule has 1 aromatic rings. The lowest BCUT2D eigenvalue weighted by Crippen LogP contribution is -2.42. The highest BCUT2D eigenvalue weighted by Gasteiger charge is 2.35. The molecule has 0 unspecified atom stereocenters. The largest absolute Gasteiger partial charge is 0.394 e. The van der Waals surface area contributed by atoms with Crippen molar-refractivity contribution in [3.8, 4) is 0 Å². The fourth-order valence-electron chi connectivity index (χ4n) is 2.58. The predicted molar refractivity (Wildman–Crippen MR) is 76.5 cm³/mol. The van der Waals surface area contributed by atoms with Crippen molar-refractivity contribution in [2.75, 3.05) is 13.3 Å². The Morgan fingerprint density at radius 2 is 2.14 bits per heavy atom. The van der Waals surface area contributed by atoms with E-state index in [1.165, 1.54) is 10.8 Å². The number of rotatable bonds is 6. The van der Waals surface area contributed by atoms with Crippen LogP contribution in [0, 0.1) is 6.92 Å². The molecule has 1 aliphatic heterocycles. The second-order valence-electron chi connectivity index (χ2n) is 5.47. The smallest absolute Gasteiger partial charge is 0.333 e. The Morgan fingerprint density at radius 3 is 2.73 bits per heavy atom. The average molecular weight is 316 g/mol. The van der Waals surface area contributed by atoms with Gasteiger partial charge in [-0.3, -0.25) is 18.3 Å². The lowest BCUT2D eigenvalue weighted by Gasteiger charge is -2.17. The normalized spacial score (nSPS) is 24.8. The molecule has 8 heteroatoms. The molecule has 1 fully saturated rings. The molecular weight excluding hydrogens is 295 g/mol. The van der Waals surface area contributed by atoms with Crippen LogP contribution in [0.25, 0.3) is 0 Å². The monoisotopic (exact) mass is 316 g/mol. The van der Waals surface area contributed by atoms with E-state index in [2.05, 4.69) is 0 Å². The van der Waals surface area contributed by atoms with Gasteiger partial charge in [-0.05, 0) is 19.8 Å². The van der Waals surface area contributed by atoms with E-state index in [0.29, 0.717) is 12.0 Å². The first-order chi connectivity index (χ1) is 10.5. The zero-order chi connectivity index (χ0) is 16.3. The van der Waals surface area contributed by atoms with E-state index in [1.54, 1.807) is 6.92 Å². The molecule has 2 heterocycles. The summed E-state index contributed by atoms with van der Waals surface area (Å²) < 4.78 is 20.0. The summed E-state index contributed by atoms with van der Waals surface area (Å²) in [7, 11) is 0. The second-order valence-corrected chi connectivity index (χ2v) is 5.47. The van der Waals surface area contributed by atoms with E-state index < -0.39 is 36.4 Å². The summed E-state index contributed by atoms with van der Waals surface area (Å²) in [5.74, 6) is 0. The number of unbranched alkanes of at least 4 members (excludes halogenated alkanes) is 1. The molecule has 0 aromatic carbocycles. The zero-order valence-corrected chi connectivity index (χ0v) is 12.4. The Bertz CT molecular complexity index is 627. The molecule has 1 aliphatic rings. The first kappa shape index (κ1) is 16.9. The molecule has 0 bridgehead atoms. The maximum absolute atomic E-state index is 12.4. The minimum absolute atomic E-state index is 0.141. The van der Waals surface area contributed by atoms with Crippen LogP contribution in [0.4, 0.5) is 4.39 Å². The fraction of sp³-hybridized carbons (Fsp3) is 0.714. The van der Waals surface area contributed by atoms with Gasteiger partial charge in [-0.2, -0.15) is 0 Å². The van der Waals surface area contributed by atoms with E-state index in [1.807, 2.05) is 0 Å². The first-order valence-electron chi connectivity index (χ1n) is 7.32. The lowest BCUT2D eigenvalue weighted by molar-refractivity contribution is -0.0464. The summed E-state index contributed by atoms with van der Waals surface area (Å²) in [6.45, 7) is 0.882. The summed E-state index contributed by atoms with van der Waals surface area (Å²) in [5.41, 5.74) is -0.590. The number of hydrogen-bond donors (Lipinski definition) is 2. The highest BCUT2D eigenvalue weighted by Crippen LogP contribution is 2.27. The van der Waals surface area contributed by atoms with Crippen molar-refractivity contribution in [3.63, 3.8) is 0 Å². The third-order valence-corrected chi connectivity index (χ3v) is 3.83. The summed E-state index contributed by atoms with van der Waals surface area (Å²) in [5, 5.41) is 18.9. The van der Waals surface area contributed by atoms with Crippen molar-refractivity contribution < 1.29 is 19.3 Å². The van der Waals surface area contributed by atoms with Crippen LogP contribution in [0.5, 0.6) is 0 Å². The van der Waals surface area contributed by atoms with Crippen LogP contribution in [0.2, 0.25) is 0 Å². The standard InChI is InChI=1S/C14H21FN2O5/c1-9-7-17(12-6-10(19)11(8-18)22-12)14(21)16(13(9)20)5-3-2-4-15/h7,10-12,18-19H,2-6,8H2,1H3/t10-,11+,12+/m0/s1. The van der Waals surface area contributed by atoms with Crippen molar-refractivity contribution >= 4 is 0 Å². The average Bonchev–Trinajstić information content (AvgIpc) is 2.87. The molecule has 3 atom stereocenters. The Kier molecular flexibility index (Phi) is 5.49. The number of aliphatic hydroxyl groups is 2. The summed E-state index contributed by atoms with van der Waals surface area (Å²) in [4.78, 5) is 24.5. The maximum atomic E-state index is 12.4. The van der Waals surface area contributed by atoms with Gasteiger partial charge in [-0.15, -0.1) is 0 Å². The van der Waals surface area contributed by atoms with Gasteiger partial charge in [-0.1, -0.05) is 0 Å². The lowest BCUT2D eigenvalue weighted by atomic mass is 10.2. The van der Waals surface area contributed by atoms with E-state index in [4.69, 9.17) is 9.84 Å². The number of ether oxygens (including phenoxy) is 1. The highest BCUT2D eigenvalue weighted by molar-refractivity contribution is 5.04. The van der Waals surface area contributed by atoms with Crippen molar-refractivity contribution in [2.24, 2.45) is 0 Å². The van der Waals surface area contributed by atoms with Crippen molar-refractivity contribution in [1.29, 1.82) is 0 Å². The van der Waals surface area contributed by atoms with Crippen LogP contribution in [0.15, 0.2) is 15.8 Å². The summed E-state index contributed by atoms with van der Waals surface area (Å²) in [6, 6.07) is 0. The number of hydrogen-bond acceptors (Lipinski definition) is 5. The van der Waals surface area contributed by atoms with Gasteiger partial charge in [0, 0.05) is 24.7 Å². The fourth-order valence-corrected chi connectivity index (χ4v) is 2.58. The number of aryl methyl sites for hydroxylation is 1. The molecular formula is C14H21FN2O5. The predicted octanol–water partition coefficient (Wildman–Crippen LogP) is -0.291. The zero-order valence-electron chi connectivity index (χ0n) is 12.4. The Hall–Kier alpha value is -1.51. The molecule has 0 aliphatic carbocycles. The van der Waals surface area contributed by atoms with E-state index in [-0.39, 0.29) is 26.0 Å². The second kappa shape index (κ2) is 7.17. The van der Waals surface area contributed by atoms with Gasteiger partial charge < -0.3 is 14.9 Å². The van der Waals surface area contributed by atoms with Crippen LogP contribution in [-0.2, 0) is 11.3 Å². The van der Waals surface area contributed by atoms with E-state index in [0.717, 1.165) is 4.57 Å². The Morgan fingerprint density at radius 1 is 1.41 bits per heavy atom. The molecule has 1 aromatic heterocycles. The molecule has 2 rings (SSSR count).